The zero-order valence-electron chi connectivity index (χ0n) is 15.1. The summed E-state index contributed by atoms with van der Waals surface area (Å²) in [5.41, 5.74) is 9.77. The summed E-state index contributed by atoms with van der Waals surface area (Å²) in [5, 5.41) is 7.61. The van der Waals surface area contributed by atoms with Crippen molar-refractivity contribution in [3.8, 4) is 0 Å². The summed E-state index contributed by atoms with van der Waals surface area (Å²) in [5.74, 6) is 0.995. The summed E-state index contributed by atoms with van der Waals surface area (Å²) in [6.45, 7) is 2.28. The second-order valence-electron chi connectivity index (χ2n) is 7.25. The Morgan fingerprint density at radius 1 is 1.41 bits per heavy atom. The topological polar surface area (TPSA) is 81.1 Å². The number of halogens is 2. The molecule has 0 amide bonds. The van der Waals surface area contributed by atoms with Gasteiger partial charge in [0, 0.05) is 30.0 Å². The first-order valence-corrected chi connectivity index (χ1v) is 9.51. The van der Waals surface area contributed by atoms with E-state index >= 15 is 0 Å². The highest BCUT2D eigenvalue weighted by Crippen LogP contribution is 2.34. The van der Waals surface area contributed by atoms with Gasteiger partial charge in [0.15, 0.2) is 5.82 Å². The van der Waals surface area contributed by atoms with Gasteiger partial charge in [-0.25, -0.2) is 8.91 Å². The third-order valence-corrected chi connectivity index (χ3v) is 5.23. The minimum atomic E-state index is -0.362. The van der Waals surface area contributed by atoms with E-state index in [-0.39, 0.29) is 23.7 Å². The summed E-state index contributed by atoms with van der Waals surface area (Å²) in [6.07, 6.45) is 7.20. The zero-order valence-corrected chi connectivity index (χ0v) is 15.9. The summed E-state index contributed by atoms with van der Waals surface area (Å²) >= 11 is 6.11. The molecule has 0 radical (unpaired) electrons. The van der Waals surface area contributed by atoms with Crippen LogP contribution < -0.4 is 11.1 Å². The smallest absolute Gasteiger partial charge is 0.243 e. The molecule has 1 aliphatic rings. The molecule has 3 aromatic heterocycles. The molecule has 1 aliphatic carbocycles. The van der Waals surface area contributed by atoms with Crippen LogP contribution in [-0.2, 0) is 13.0 Å². The molecular weight excluding hydrogens is 367 g/mol. The molecule has 8 heteroatoms. The number of anilines is 1. The van der Waals surface area contributed by atoms with Crippen molar-refractivity contribution < 1.29 is 4.39 Å². The fourth-order valence-electron chi connectivity index (χ4n) is 3.41. The normalized spacial score (nSPS) is 15.3. The maximum Gasteiger partial charge on any atom is 0.243 e. The van der Waals surface area contributed by atoms with E-state index in [1.54, 1.807) is 16.8 Å². The van der Waals surface area contributed by atoms with Crippen LogP contribution in [0.4, 0.5) is 10.2 Å². The molecule has 0 aromatic carbocycles. The number of pyridine rings is 1. The molecule has 4 rings (SSSR count). The second kappa shape index (κ2) is 7.40. The molecule has 6 nitrogen and oxygen atoms in total. The van der Waals surface area contributed by atoms with Gasteiger partial charge in [0.2, 0.25) is 5.28 Å². The molecule has 0 spiro atoms. The molecule has 3 N–H and O–H groups in total. The lowest BCUT2D eigenvalue weighted by molar-refractivity contribution is 0.565. The van der Waals surface area contributed by atoms with E-state index in [1.807, 2.05) is 13.0 Å². The number of rotatable bonds is 7. The number of hydrogen-bond donors (Lipinski definition) is 2. The molecule has 1 atom stereocenters. The average Bonchev–Trinajstić information content (AvgIpc) is 3.39. The van der Waals surface area contributed by atoms with Gasteiger partial charge in [-0.15, -0.1) is 5.10 Å². The van der Waals surface area contributed by atoms with Gasteiger partial charge < -0.3 is 11.1 Å². The maximum atomic E-state index is 13.8. The van der Waals surface area contributed by atoms with Gasteiger partial charge in [0.05, 0.1) is 6.20 Å². The Morgan fingerprint density at radius 2 is 2.22 bits per heavy atom. The van der Waals surface area contributed by atoms with Crippen LogP contribution in [-0.4, -0.2) is 25.6 Å². The summed E-state index contributed by atoms with van der Waals surface area (Å²) in [4.78, 5) is 8.06. The first-order chi connectivity index (χ1) is 13.0. The van der Waals surface area contributed by atoms with Gasteiger partial charge >= 0.3 is 0 Å². The zero-order chi connectivity index (χ0) is 19.0. The van der Waals surface area contributed by atoms with E-state index in [4.69, 9.17) is 17.3 Å². The second-order valence-corrected chi connectivity index (χ2v) is 7.58. The van der Waals surface area contributed by atoms with E-state index in [9.17, 15) is 4.39 Å². The van der Waals surface area contributed by atoms with Crippen LogP contribution >= 0.6 is 11.6 Å². The monoisotopic (exact) mass is 388 g/mol. The quantitative estimate of drug-likeness (QED) is 0.647. The highest BCUT2D eigenvalue weighted by atomic mass is 35.5. The van der Waals surface area contributed by atoms with Gasteiger partial charge in [0.25, 0.3) is 0 Å². The maximum absolute atomic E-state index is 13.8. The van der Waals surface area contributed by atoms with Gasteiger partial charge in [-0.3, -0.25) is 4.98 Å². The van der Waals surface area contributed by atoms with Crippen LogP contribution in [0.1, 0.15) is 36.1 Å². The Balaban J connectivity index is 1.60. The van der Waals surface area contributed by atoms with E-state index in [0.29, 0.717) is 11.4 Å². The van der Waals surface area contributed by atoms with Crippen molar-refractivity contribution in [1.82, 2.24) is 19.6 Å². The SMILES string of the molecule is Cc1c(C[C@@H](N)CC2CC2)cc2c(NCc3ccncc3F)nc(Cl)nn12. The Morgan fingerprint density at radius 3 is 2.96 bits per heavy atom. The van der Waals surface area contributed by atoms with Crippen LogP contribution in [0.2, 0.25) is 5.28 Å². The molecule has 0 bridgehead atoms. The van der Waals surface area contributed by atoms with Crippen LogP contribution in [0.5, 0.6) is 0 Å². The van der Waals surface area contributed by atoms with Gasteiger partial charge in [-0.05, 0) is 55.0 Å². The van der Waals surface area contributed by atoms with Crippen LogP contribution in [0.25, 0.3) is 5.52 Å². The van der Waals surface area contributed by atoms with Crippen LogP contribution in [0.15, 0.2) is 24.5 Å². The number of hydrogen-bond acceptors (Lipinski definition) is 5. The number of aryl methyl sites for hydroxylation is 1. The predicted octanol–water partition coefficient (Wildman–Crippen LogP) is 3.51. The lowest BCUT2D eigenvalue weighted by Crippen LogP contribution is -2.23. The molecule has 0 aliphatic heterocycles. The molecular formula is C19H22ClFN6. The molecule has 27 heavy (non-hydrogen) atoms. The van der Waals surface area contributed by atoms with Crippen molar-refractivity contribution in [2.24, 2.45) is 11.7 Å². The Labute approximate surface area is 162 Å². The largest absolute Gasteiger partial charge is 0.364 e. The lowest BCUT2D eigenvalue weighted by Gasteiger charge is -2.10. The van der Waals surface area contributed by atoms with Crippen molar-refractivity contribution >= 4 is 22.9 Å². The van der Waals surface area contributed by atoms with Crippen LogP contribution in [0.3, 0.4) is 0 Å². The lowest BCUT2D eigenvalue weighted by atomic mass is 10.0. The number of aromatic nitrogens is 4. The first kappa shape index (κ1) is 18.1. The fraction of sp³-hybridized carbons (Fsp3) is 0.421. The molecule has 3 aromatic rings. The highest BCUT2D eigenvalue weighted by Gasteiger charge is 2.25. The summed E-state index contributed by atoms with van der Waals surface area (Å²) in [6, 6.07) is 3.82. The standard InChI is InChI=1S/C19H22ClFN6/c1-11-14(7-15(22)6-12-2-3-12)8-17-18(25-19(20)26-27(11)17)24-9-13-4-5-23-10-16(13)21/h4-5,8,10,12,15H,2-3,6-7,9,22H2,1H3,(H,24,25,26)/t15-/m0/s1. The Hall–Kier alpha value is -2.25. The third-order valence-electron chi connectivity index (χ3n) is 5.07. The van der Waals surface area contributed by atoms with Gasteiger partial charge in [-0.1, -0.05) is 12.8 Å². The van der Waals surface area contributed by atoms with Crippen molar-refractivity contribution in [3.05, 3.63) is 52.4 Å². The minimum absolute atomic E-state index is 0.132. The summed E-state index contributed by atoms with van der Waals surface area (Å²) < 4.78 is 15.6. The van der Waals surface area contributed by atoms with E-state index in [1.165, 1.54) is 19.0 Å². The fourth-order valence-corrected chi connectivity index (χ4v) is 3.57. The van der Waals surface area contributed by atoms with Gasteiger partial charge in [-0.2, -0.15) is 4.98 Å². The van der Waals surface area contributed by atoms with Crippen molar-refractivity contribution in [3.63, 3.8) is 0 Å². The van der Waals surface area contributed by atoms with Crippen molar-refractivity contribution in [1.29, 1.82) is 0 Å². The van der Waals surface area contributed by atoms with E-state index < -0.39 is 0 Å². The van der Waals surface area contributed by atoms with Crippen LogP contribution in [0, 0.1) is 18.7 Å². The molecule has 0 saturated heterocycles. The predicted molar refractivity (Wildman–Crippen MR) is 103 cm³/mol. The molecule has 1 saturated carbocycles. The third kappa shape index (κ3) is 4.04. The average molecular weight is 389 g/mol. The first-order valence-electron chi connectivity index (χ1n) is 9.14. The minimum Gasteiger partial charge on any atom is -0.364 e. The number of nitrogens with zero attached hydrogens (tertiary/aromatic N) is 4. The van der Waals surface area contributed by atoms with E-state index in [0.717, 1.165) is 35.5 Å². The Kier molecular flexibility index (Phi) is 4.97. The number of nitrogens with one attached hydrogen (secondary N) is 1. The van der Waals surface area contributed by atoms with Gasteiger partial charge in [0.1, 0.15) is 11.3 Å². The Bertz CT molecular complexity index is 968. The number of nitrogens with two attached hydrogens (primary N) is 1. The highest BCUT2D eigenvalue weighted by molar-refractivity contribution is 6.28. The van der Waals surface area contributed by atoms with E-state index in [2.05, 4.69) is 20.4 Å². The molecule has 1 fully saturated rings. The van der Waals surface area contributed by atoms with Crippen molar-refractivity contribution in [2.45, 2.75) is 45.2 Å². The molecule has 3 heterocycles. The molecule has 142 valence electrons. The molecule has 0 unspecified atom stereocenters. The number of fused-ring (bicyclic) bond motifs is 1. The summed E-state index contributed by atoms with van der Waals surface area (Å²) in [7, 11) is 0. The van der Waals surface area contributed by atoms with Crippen molar-refractivity contribution in [2.75, 3.05) is 5.32 Å².